The summed E-state index contributed by atoms with van der Waals surface area (Å²) in [6.45, 7) is 1.54. The number of benzene rings is 1. The monoisotopic (exact) mass is 340 g/mol. The highest BCUT2D eigenvalue weighted by molar-refractivity contribution is 5.82. The summed E-state index contributed by atoms with van der Waals surface area (Å²) in [7, 11) is 0. The molecule has 2 amide bonds. The second kappa shape index (κ2) is 7.07. The van der Waals surface area contributed by atoms with Crippen LogP contribution in [0.15, 0.2) is 30.5 Å². The Bertz CT molecular complexity index is 655. The molecule has 1 unspecified atom stereocenters. The molecule has 1 aliphatic rings. The predicted molar refractivity (Wildman–Crippen MR) is 83.7 cm³/mol. The van der Waals surface area contributed by atoms with Gasteiger partial charge in [0.2, 0.25) is 11.8 Å². The van der Waals surface area contributed by atoms with Crippen LogP contribution in [0.2, 0.25) is 0 Å². The summed E-state index contributed by atoms with van der Waals surface area (Å²) in [6, 6.07) is 6.63. The third kappa shape index (κ3) is 4.15. The van der Waals surface area contributed by atoms with E-state index in [1.807, 2.05) is 12.1 Å². The zero-order valence-corrected chi connectivity index (χ0v) is 13.5. The maximum atomic E-state index is 12.6. The molecule has 0 saturated carbocycles. The molecule has 0 saturated heterocycles. The Morgan fingerprint density at radius 2 is 1.92 bits per heavy atom. The smallest absolute Gasteiger partial charge is 0.334 e. The highest BCUT2D eigenvalue weighted by atomic mass is 19.4. The molecule has 7 heteroatoms. The van der Waals surface area contributed by atoms with Gasteiger partial charge in [0.15, 0.2) is 0 Å². The first-order valence-electron chi connectivity index (χ1n) is 7.63. The number of nitrogens with zero attached hydrogens (tertiary/aromatic N) is 2. The SMILES string of the molecule is CCN(CC(F)(F)F)C(=O)CC1c2ccccc2C=CN1C(C)=O. The largest absolute Gasteiger partial charge is 0.406 e. The Morgan fingerprint density at radius 3 is 2.50 bits per heavy atom. The standard InChI is InChI=1S/C17H19F3N2O2/c1-3-21(11-17(18,19)20)16(24)10-15-14-7-5-4-6-13(14)8-9-22(15)12(2)23/h4-9,15H,3,10-11H2,1-2H3. The molecule has 0 fully saturated rings. The summed E-state index contributed by atoms with van der Waals surface area (Å²) in [6.07, 6.45) is -1.31. The molecule has 2 rings (SSSR count). The van der Waals surface area contributed by atoms with Crippen molar-refractivity contribution in [3.05, 3.63) is 41.6 Å². The molecule has 0 aliphatic carbocycles. The number of carbonyl (C=O) groups is 2. The summed E-state index contributed by atoms with van der Waals surface area (Å²) >= 11 is 0. The molecule has 24 heavy (non-hydrogen) atoms. The minimum atomic E-state index is -4.45. The van der Waals surface area contributed by atoms with Crippen molar-refractivity contribution in [1.82, 2.24) is 9.80 Å². The first kappa shape index (κ1) is 18.0. The average molecular weight is 340 g/mol. The zero-order valence-electron chi connectivity index (χ0n) is 13.5. The van der Waals surface area contributed by atoms with Gasteiger partial charge in [-0.25, -0.2) is 0 Å². The Morgan fingerprint density at radius 1 is 1.25 bits per heavy atom. The van der Waals surface area contributed by atoms with Crippen molar-refractivity contribution in [3.63, 3.8) is 0 Å². The number of carbonyl (C=O) groups excluding carboxylic acids is 2. The first-order chi connectivity index (χ1) is 11.2. The molecule has 1 heterocycles. The number of hydrogen-bond acceptors (Lipinski definition) is 2. The maximum absolute atomic E-state index is 12.6. The third-order valence-corrected chi connectivity index (χ3v) is 3.94. The van der Waals surface area contributed by atoms with E-state index in [1.165, 1.54) is 18.7 Å². The van der Waals surface area contributed by atoms with Gasteiger partial charge >= 0.3 is 6.18 Å². The van der Waals surface area contributed by atoms with Crippen LogP contribution in [0.1, 0.15) is 37.4 Å². The lowest BCUT2D eigenvalue weighted by Gasteiger charge is -2.34. The minimum absolute atomic E-state index is 0.0391. The number of alkyl halides is 3. The maximum Gasteiger partial charge on any atom is 0.406 e. The van der Waals surface area contributed by atoms with Gasteiger partial charge in [0.05, 0.1) is 12.5 Å². The van der Waals surface area contributed by atoms with Gasteiger partial charge in [-0.15, -0.1) is 0 Å². The number of halogens is 3. The Balaban J connectivity index is 2.25. The topological polar surface area (TPSA) is 40.6 Å². The predicted octanol–water partition coefficient (Wildman–Crippen LogP) is 3.36. The summed E-state index contributed by atoms with van der Waals surface area (Å²) in [5.41, 5.74) is 1.61. The molecule has 0 bridgehead atoms. The fourth-order valence-corrected chi connectivity index (χ4v) is 2.80. The van der Waals surface area contributed by atoms with Crippen LogP contribution in [0.4, 0.5) is 13.2 Å². The summed E-state index contributed by atoms with van der Waals surface area (Å²) in [5.74, 6) is -0.895. The lowest BCUT2D eigenvalue weighted by molar-refractivity contribution is -0.161. The first-order valence-corrected chi connectivity index (χ1v) is 7.63. The normalized spacial score (nSPS) is 16.7. The molecule has 1 atom stereocenters. The molecule has 0 radical (unpaired) electrons. The average Bonchev–Trinajstić information content (AvgIpc) is 2.51. The van der Waals surface area contributed by atoms with Crippen molar-refractivity contribution in [1.29, 1.82) is 0 Å². The van der Waals surface area contributed by atoms with Crippen LogP contribution < -0.4 is 0 Å². The van der Waals surface area contributed by atoms with E-state index in [2.05, 4.69) is 0 Å². The lowest BCUT2D eigenvalue weighted by Crippen LogP contribution is -2.41. The van der Waals surface area contributed by atoms with Gasteiger partial charge in [-0.2, -0.15) is 13.2 Å². The van der Waals surface area contributed by atoms with E-state index in [9.17, 15) is 22.8 Å². The van der Waals surface area contributed by atoms with Crippen molar-refractivity contribution in [2.45, 2.75) is 32.5 Å². The van der Waals surface area contributed by atoms with Gasteiger partial charge in [0.25, 0.3) is 0 Å². The molecular weight excluding hydrogens is 321 g/mol. The lowest BCUT2D eigenvalue weighted by atomic mass is 9.93. The van der Waals surface area contributed by atoms with E-state index < -0.39 is 24.7 Å². The second-order valence-electron chi connectivity index (χ2n) is 5.61. The van der Waals surface area contributed by atoms with E-state index >= 15 is 0 Å². The molecule has 4 nitrogen and oxygen atoms in total. The van der Waals surface area contributed by atoms with Gasteiger partial charge in [-0.05, 0) is 24.1 Å². The number of amides is 2. The van der Waals surface area contributed by atoms with E-state index in [1.54, 1.807) is 24.4 Å². The molecule has 1 aromatic carbocycles. The van der Waals surface area contributed by atoms with E-state index in [0.29, 0.717) is 0 Å². The fraction of sp³-hybridized carbons (Fsp3) is 0.412. The minimum Gasteiger partial charge on any atom is -0.334 e. The van der Waals surface area contributed by atoms with Crippen LogP contribution in [0.3, 0.4) is 0 Å². The van der Waals surface area contributed by atoms with Crippen molar-refractivity contribution in [3.8, 4) is 0 Å². The van der Waals surface area contributed by atoms with E-state index in [-0.39, 0.29) is 18.9 Å². The molecule has 1 aliphatic heterocycles. The van der Waals surface area contributed by atoms with Crippen molar-refractivity contribution >= 4 is 17.9 Å². The van der Waals surface area contributed by atoms with Crippen molar-refractivity contribution < 1.29 is 22.8 Å². The molecule has 130 valence electrons. The Kier molecular flexibility index (Phi) is 5.31. The van der Waals surface area contributed by atoms with Crippen LogP contribution in [-0.4, -0.2) is 40.9 Å². The molecule has 0 N–H and O–H groups in total. The molecule has 0 spiro atoms. The number of fused-ring (bicyclic) bond motifs is 1. The summed E-state index contributed by atoms with van der Waals surface area (Å²) in [5, 5.41) is 0. The Hall–Kier alpha value is -2.31. The number of rotatable bonds is 4. The highest BCUT2D eigenvalue weighted by Crippen LogP contribution is 2.33. The van der Waals surface area contributed by atoms with Gasteiger partial charge < -0.3 is 9.80 Å². The van der Waals surface area contributed by atoms with Crippen LogP contribution >= 0.6 is 0 Å². The van der Waals surface area contributed by atoms with Crippen molar-refractivity contribution in [2.75, 3.05) is 13.1 Å². The van der Waals surface area contributed by atoms with Crippen LogP contribution in [-0.2, 0) is 9.59 Å². The van der Waals surface area contributed by atoms with E-state index in [0.717, 1.165) is 16.0 Å². The summed E-state index contributed by atoms with van der Waals surface area (Å²) in [4.78, 5) is 26.4. The Labute approximate surface area is 138 Å². The third-order valence-electron chi connectivity index (χ3n) is 3.94. The molecule has 0 aromatic heterocycles. The van der Waals surface area contributed by atoms with Crippen LogP contribution in [0, 0.1) is 0 Å². The molecular formula is C17H19F3N2O2. The van der Waals surface area contributed by atoms with Gasteiger partial charge in [-0.3, -0.25) is 9.59 Å². The second-order valence-corrected chi connectivity index (χ2v) is 5.61. The quantitative estimate of drug-likeness (QED) is 0.843. The molecule has 1 aromatic rings. The fourth-order valence-electron chi connectivity index (χ4n) is 2.80. The van der Waals surface area contributed by atoms with Gasteiger partial charge in [-0.1, -0.05) is 24.3 Å². The zero-order chi connectivity index (χ0) is 17.9. The highest BCUT2D eigenvalue weighted by Gasteiger charge is 2.35. The van der Waals surface area contributed by atoms with Crippen LogP contribution in [0.5, 0.6) is 0 Å². The summed E-state index contributed by atoms with van der Waals surface area (Å²) < 4.78 is 37.8. The number of hydrogen-bond donors (Lipinski definition) is 0. The van der Waals surface area contributed by atoms with E-state index in [4.69, 9.17) is 0 Å². The van der Waals surface area contributed by atoms with Crippen molar-refractivity contribution in [2.24, 2.45) is 0 Å². The van der Waals surface area contributed by atoms with Gasteiger partial charge in [0, 0.05) is 19.7 Å². The van der Waals surface area contributed by atoms with Crippen LogP contribution in [0.25, 0.3) is 6.08 Å². The van der Waals surface area contributed by atoms with Gasteiger partial charge in [0.1, 0.15) is 6.54 Å².